The van der Waals surface area contributed by atoms with Gasteiger partial charge in [0.15, 0.2) is 0 Å². The van der Waals surface area contributed by atoms with E-state index in [1.165, 1.54) is 21.9 Å². The van der Waals surface area contributed by atoms with Crippen LogP contribution in [-0.4, -0.2) is 9.97 Å². The molecule has 0 atom stereocenters. The van der Waals surface area contributed by atoms with Crippen molar-refractivity contribution < 1.29 is 4.74 Å². The van der Waals surface area contributed by atoms with Gasteiger partial charge in [-0.25, -0.2) is 4.98 Å². The van der Waals surface area contributed by atoms with Crippen molar-refractivity contribution in [2.75, 3.05) is 4.90 Å². The van der Waals surface area contributed by atoms with Gasteiger partial charge in [-0.3, -0.25) is 4.90 Å². The van der Waals surface area contributed by atoms with E-state index < -0.39 is 0 Å². The van der Waals surface area contributed by atoms with Gasteiger partial charge in [0.25, 0.3) is 0 Å². The fraction of sp³-hybridized carbons (Fsp3) is 0.0938. The summed E-state index contributed by atoms with van der Waals surface area (Å²) < 4.78 is 6.36. The maximum absolute atomic E-state index is 6.36. The Balaban J connectivity index is 1.30. The Morgan fingerprint density at radius 3 is 2.42 bits per heavy atom. The van der Waals surface area contributed by atoms with Crippen LogP contribution in [0.25, 0.3) is 21.8 Å². The minimum Gasteiger partial charge on any atom is -0.457 e. The van der Waals surface area contributed by atoms with E-state index in [0.717, 1.165) is 39.7 Å². The summed E-state index contributed by atoms with van der Waals surface area (Å²) in [4.78, 5) is 10.6. The Hall–Kier alpha value is -4.57. The molecule has 36 heavy (non-hydrogen) atoms. The first kappa shape index (κ1) is 20.8. The highest BCUT2D eigenvalue weighted by molar-refractivity contribution is 6.07. The lowest BCUT2D eigenvalue weighted by Gasteiger charge is -2.40. The van der Waals surface area contributed by atoms with E-state index in [-0.39, 0.29) is 5.41 Å². The molecule has 0 bridgehead atoms. The second kappa shape index (κ2) is 7.72. The molecule has 0 radical (unpaired) electrons. The van der Waals surface area contributed by atoms with E-state index in [4.69, 9.17) is 9.72 Å². The monoisotopic (exact) mass is 467 g/mol. The van der Waals surface area contributed by atoms with Crippen molar-refractivity contribution in [2.24, 2.45) is 0 Å². The van der Waals surface area contributed by atoms with Crippen molar-refractivity contribution in [2.45, 2.75) is 19.3 Å². The van der Waals surface area contributed by atoms with Crippen LogP contribution in [0.1, 0.15) is 25.0 Å². The minimum atomic E-state index is -0.139. The third-order valence-electron chi connectivity index (χ3n) is 7.28. The quantitative estimate of drug-likeness (QED) is 0.283. The minimum absolute atomic E-state index is 0.139. The molecule has 0 amide bonds. The number of rotatable bonds is 3. The lowest BCUT2D eigenvalue weighted by molar-refractivity contribution is 0.483. The van der Waals surface area contributed by atoms with E-state index in [9.17, 15) is 0 Å². The standard InChI is InChI=1S/C32H25N3O/c1-32(2)26-12-4-6-15-30(26)35(31-27(32)13-8-18-33-31)21-9-7-10-22(19-21)36-23-16-17-25-24-11-3-5-14-28(24)34-29(25)20-23/h3-20,34H,1-2H3. The van der Waals surface area contributed by atoms with Crippen LogP contribution in [0, 0.1) is 0 Å². The highest BCUT2D eigenvalue weighted by Gasteiger charge is 2.37. The first-order valence-electron chi connectivity index (χ1n) is 12.2. The number of nitrogens with zero attached hydrogens (tertiary/aromatic N) is 2. The van der Waals surface area contributed by atoms with Gasteiger partial charge in [0.1, 0.15) is 17.3 Å². The molecular formula is C32H25N3O. The molecule has 0 spiro atoms. The normalized spacial score (nSPS) is 14.0. The number of aromatic nitrogens is 2. The van der Waals surface area contributed by atoms with Gasteiger partial charge in [-0.2, -0.15) is 0 Å². The molecule has 0 fully saturated rings. The summed E-state index contributed by atoms with van der Waals surface area (Å²) in [6.45, 7) is 4.53. The zero-order valence-electron chi connectivity index (χ0n) is 20.2. The van der Waals surface area contributed by atoms with Gasteiger partial charge in [0.2, 0.25) is 0 Å². The number of hydrogen-bond donors (Lipinski definition) is 1. The predicted octanol–water partition coefficient (Wildman–Crippen LogP) is 8.62. The molecule has 0 saturated carbocycles. The van der Waals surface area contributed by atoms with Crippen molar-refractivity contribution in [3.8, 4) is 11.5 Å². The summed E-state index contributed by atoms with van der Waals surface area (Å²) in [5, 5.41) is 2.42. The fourth-order valence-corrected chi connectivity index (χ4v) is 5.50. The van der Waals surface area contributed by atoms with Gasteiger partial charge in [-0.05, 0) is 48.0 Å². The number of ether oxygens (including phenoxy) is 1. The van der Waals surface area contributed by atoms with Gasteiger partial charge in [0, 0.05) is 45.6 Å². The molecule has 0 unspecified atom stereocenters. The van der Waals surface area contributed by atoms with Gasteiger partial charge < -0.3 is 9.72 Å². The van der Waals surface area contributed by atoms with E-state index >= 15 is 0 Å². The number of H-pyrrole nitrogens is 1. The Bertz CT molecular complexity index is 1720. The van der Waals surface area contributed by atoms with Gasteiger partial charge in [0.05, 0.1) is 16.9 Å². The van der Waals surface area contributed by atoms with Crippen LogP contribution >= 0.6 is 0 Å². The number of hydrogen-bond acceptors (Lipinski definition) is 3. The number of pyridine rings is 1. The molecular weight excluding hydrogens is 442 g/mol. The lowest BCUT2D eigenvalue weighted by atomic mass is 9.74. The number of aromatic amines is 1. The third kappa shape index (κ3) is 3.11. The average Bonchev–Trinajstić information content (AvgIpc) is 3.27. The summed E-state index contributed by atoms with van der Waals surface area (Å²) in [5.41, 5.74) is 6.70. The molecule has 4 nitrogen and oxygen atoms in total. The summed E-state index contributed by atoms with van der Waals surface area (Å²) >= 11 is 0. The van der Waals surface area contributed by atoms with E-state index in [2.05, 4.69) is 96.5 Å². The summed E-state index contributed by atoms with van der Waals surface area (Å²) in [6.07, 6.45) is 1.87. The van der Waals surface area contributed by atoms with Crippen molar-refractivity contribution in [1.29, 1.82) is 0 Å². The molecule has 1 aliphatic rings. The van der Waals surface area contributed by atoms with E-state index in [1.807, 2.05) is 36.5 Å². The van der Waals surface area contributed by atoms with Crippen molar-refractivity contribution in [3.05, 3.63) is 120 Å². The van der Waals surface area contributed by atoms with Crippen LogP contribution in [0.15, 0.2) is 109 Å². The summed E-state index contributed by atoms with van der Waals surface area (Å²) in [6, 6.07) is 35.6. The smallest absolute Gasteiger partial charge is 0.141 e. The van der Waals surface area contributed by atoms with Crippen LogP contribution in [0.2, 0.25) is 0 Å². The van der Waals surface area contributed by atoms with E-state index in [1.54, 1.807) is 0 Å². The van der Waals surface area contributed by atoms with Crippen LogP contribution in [0.4, 0.5) is 17.2 Å². The number of fused-ring (bicyclic) bond motifs is 5. The fourth-order valence-electron chi connectivity index (χ4n) is 5.50. The number of anilines is 3. The van der Waals surface area contributed by atoms with Crippen LogP contribution < -0.4 is 9.64 Å². The molecule has 174 valence electrons. The van der Waals surface area contributed by atoms with Crippen molar-refractivity contribution in [1.82, 2.24) is 9.97 Å². The molecule has 4 aromatic carbocycles. The molecule has 2 aromatic heterocycles. The van der Waals surface area contributed by atoms with Crippen molar-refractivity contribution in [3.63, 3.8) is 0 Å². The Kier molecular flexibility index (Phi) is 4.45. The Labute approximate surface area is 209 Å². The SMILES string of the molecule is CC1(C)c2ccccc2N(c2cccc(Oc3ccc4c(c3)[nH]c3ccccc34)c2)c2ncccc21. The van der Waals surface area contributed by atoms with Crippen LogP contribution in [0.3, 0.4) is 0 Å². The average molecular weight is 468 g/mol. The third-order valence-corrected chi connectivity index (χ3v) is 7.28. The lowest BCUT2D eigenvalue weighted by Crippen LogP contribution is -2.31. The maximum atomic E-state index is 6.36. The highest BCUT2D eigenvalue weighted by Crippen LogP contribution is 2.51. The Morgan fingerprint density at radius 1 is 0.694 bits per heavy atom. The molecule has 1 N–H and O–H groups in total. The van der Waals surface area contributed by atoms with Crippen molar-refractivity contribution >= 4 is 39.0 Å². The van der Waals surface area contributed by atoms with Crippen LogP contribution in [0.5, 0.6) is 11.5 Å². The Morgan fingerprint density at radius 2 is 1.47 bits per heavy atom. The van der Waals surface area contributed by atoms with Gasteiger partial charge in [-0.15, -0.1) is 0 Å². The highest BCUT2D eigenvalue weighted by atomic mass is 16.5. The zero-order valence-corrected chi connectivity index (χ0v) is 20.2. The first-order valence-corrected chi connectivity index (χ1v) is 12.2. The largest absolute Gasteiger partial charge is 0.457 e. The zero-order chi connectivity index (χ0) is 24.3. The molecule has 7 rings (SSSR count). The number of benzene rings is 4. The van der Waals surface area contributed by atoms with Crippen LogP contribution in [-0.2, 0) is 5.41 Å². The maximum Gasteiger partial charge on any atom is 0.141 e. The van der Waals surface area contributed by atoms with Gasteiger partial charge in [-0.1, -0.05) is 62.4 Å². The summed E-state index contributed by atoms with van der Waals surface area (Å²) in [5.74, 6) is 2.53. The molecule has 1 aliphatic heterocycles. The van der Waals surface area contributed by atoms with E-state index in [0.29, 0.717) is 0 Å². The number of nitrogens with one attached hydrogen (secondary N) is 1. The molecule has 3 heterocycles. The molecule has 0 saturated heterocycles. The molecule has 6 aromatic rings. The summed E-state index contributed by atoms with van der Waals surface area (Å²) in [7, 11) is 0. The second-order valence-corrected chi connectivity index (χ2v) is 9.83. The first-order chi connectivity index (χ1) is 17.6. The number of para-hydroxylation sites is 2. The molecule has 0 aliphatic carbocycles. The topological polar surface area (TPSA) is 41.1 Å². The predicted molar refractivity (Wildman–Crippen MR) is 147 cm³/mol. The van der Waals surface area contributed by atoms with Gasteiger partial charge >= 0.3 is 0 Å². The second-order valence-electron chi connectivity index (χ2n) is 9.83. The molecule has 4 heteroatoms.